The number of nitrogens with two attached hydrogens (primary N) is 2. The van der Waals surface area contributed by atoms with Crippen molar-refractivity contribution >= 4 is 22.3 Å². The second kappa shape index (κ2) is 6.95. The molecule has 148 valence electrons. The number of hydrogen-bond acceptors (Lipinski definition) is 5. The molecule has 0 aliphatic heterocycles. The molecule has 0 atom stereocenters. The Kier molecular flexibility index (Phi) is 4.44. The average Bonchev–Trinajstić information content (AvgIpc) is 3.18. The molecule has 0 aliphatic rings. The van der Waals surface area contributed by atoms with Crippen LogP contribution in [0.4, 0.5) is 20.2 Å². The number of H-pyrrole nitrogens is 1. The zero-order chi connectivity index (χ0) is 20.7. The number of aromatic amines is 1. The Labute approximate surface area is 163 Å². The summed E-state index contributed by atoms with van der Waals surface area (Å²) in [6, 6.07) is 8.04. The summed E-state index contributed by atoms with van der Waals surface area (Å²) in [6.07, 6.45) is 3.28. The summed E-state index contributed by atoms with van der Waals surface area (Å²) >= 11 is 0. The Morgan fingerprint density at radius 1 is 1.14 bits per heavy atom. The molecule has 4 rings (SSSR count). The Bertz CT molecular complexity index is 1300. The minimum absolute atomic E-state index is 0.118. The van der Waals surface area contributed by atoms with Gasteiger partial charge in [-0.25, -0.2) is 8.78 Å². The van der Waals surface area contributed by atoms with Crippen molar-refractivity contribution in [3.63, 3.8) is 0 Å². The quantitative estimate of drug-likeness (QED) is 0.239. The van der Waals surface area contributed by atoms with Gasteiger partial charge in [-0.15, -0.1) is 0 Å². The van der Waals surface area contributed by atoms with E-state index in [0.29, 0.717) is 33.8 Å². The lowest BCUT2D eigenvalue weighted by molar-refractivity contribution is 0.441. The molecule has 0 unspecified atom stereocenters. The number of pyridine rings is 1. The number of rotatable bonds is 4. The number of ether oxygens (including phenoxy) is 1. The van der Waals surface area contributed by atoms with Gasteiger partial charge in [-0.05, 0) is 30.3 Å². The van der Waals surface area contributed by atoms with Crippen molar-refractivity contribution in [3.05, 3.63) is 70.8 Å². The van der Waals surface area contributed by atoms with Crippen molar-refractivity contribution in [2.75, 3.05) is 11.2 Å². The van der Waals surface area contributed by atoms with Crippen LogP contribution in [0.1, 0.15) is 0 Å². The first-order valence-corrected chi connectivity index (χ1v) is 8.59. The molecule has 29 heavy (non-hydrogen) atoms. The molecular weight excluding hydrogens is 380 g/mol. The van der Waals surface area contributed by atoms with E-state index >= 15 is 0 Å². The fourth-order valence-electron chi connectivity index (χ4n) is 3.20. The number of fused-ring (bicyclic) bond motifs is 1. The predicted octanol–water partition coefficient (Wildman–Crippen LogP) is 3.47. The fraction of sp³-hybridized carbons (Fsp3) is 0.0500. The predicted molar refractivity (Wildman–Crippen MR) is 108 cm³/mol. The van der Waals surface area contributed by atoms with Crippen LogP contribution in [-0.4, -0.2) is 9.55 Å². The van der Waals surface area contributed by atoms with E-state index < -0.39 is 11.6 Å². The third-order valence-electron chi connectivity index (χ3n) is 4.64. The first-order chi connectivity index (χ1) is 13.9. The minimum Gasteiger partial charge on any atom is -0.451 e. The third kappa shape index (κ3) is 3.07. The average molecular weight is 397 g/mol. The lowest BCUT2D eigenvalue weighted by atomic mass is 10.0. The van der Waals surface area contributed by atoms with Gasteiger partial charge in [0, 0.05) is 42.0 Å². The van der Waals surface area contributed by atoms with Crippen molar-refractivity contribution in [3.8, 4) is 22.6 Å². The molecule has 9 heteroatoms. The molecule has 0 aliphatic carbocycles. The summed E-state index contributed by atoms with van der Waals surface area (Å²) in [7, 11) is 1.62. The summed E-state index contributed by atoms with van der Waals surface area (Å²) in [5.41, 5.74) is 10.5. The van der Waals surface area contributed by atoms with Gasteiger partial charge in [-0.3, -0.25) is 10.6 Å². The van der Waals surface area contributed by atoms with Crippen LogP contribution in [0.3, 0.4) is 0 Å². The number of hydrogen-bond donors (Lipinski definition) is 4. The molecular formula is C20H17F2N5O2. The van der Waals surface area contributed by atoms with Crippen molar-refractivity contribution < 1.29 is 13.5 Å². The molecule has 0 bridgehead atoms. The van der Waals surface area contributed by atoms with E-state index in [9.17, 15) is 13.6 Å². The number of nitrogens with one attached hydrogen (secondary N) is 2. The fourth-order valence-corrected chi connectivity index (χ4v) is 3.20. The van der Waals surface area contributed by atoms with Crippen LogP contribution in [0.25, 0.3) is 22.0 Å². The molecule has 0 radical (unpaired) electrons. The zero-order valence-electron chi connectivity index (χ0n) is 15.3. The highest BCUT2D eigenvalue weighted by Crippen LogP contribution is 2.43. The largest absolute Gasteiger partial charge is 0.451 e. The van der Waals surface area contributed by atoms with Crippen LogP contribution >= 0.6 is 0 Å². The highest BCUT2D eigenvalue weighted by atomic mass is 19.1. The molecule has 0 saturated carbocycles. The smallest absolute Gasteiger partial charge is 0.274 e. The van der Waals surface area contributed by atoms with Crippen molar-refractivity contribution in [1.29, 1.82) is 0 Å². The number of aryl methyl sites for hydroxylation is 1. The van der Waals surface area contributed by atoms with Crippen LogP contribution in [-0.2, 0) is 7.05 Å². The maximum absolute atomic E-state index is 14.2. The number of anilines is 2. The lowest BCUT2D eigenvalue weighted by Gasteiger charge is -2.18. The molecule has 0 fully saturated rings. The number of hydrazine groups is 1. The van der Waals surface area contributed by atoms with Crippen molar-refractivity contribution in [1.82, 2.24) is 9.55 Å². The SMILES string of the molecule is Cn1cc(-c2ccc(NN)c(N)c2Oc2ccc(F)cc2F)c2cc[nH]c2c1=O. The minimum atomic E-state index is -0.881. The normalized spacial score (nSPS) is 11.0. The van der Waals surface area contributed by atoms with Gasteiger partial charge in [0.1, 0.15) is 17.0 Å². The summed E-state index contributed by atoms with van der Waals surface area (Å²) in [4.78, 5) is 15.3. The summed E-state index contributed by atoms with van der Waals surface area (Å²) in [5, 5.41) is 0.644. The molecule has 7 nitrogen and oxygen atoms in total. The first-order valence-electron chi connectivity index (χ1n) is 8.59. The highest BCUT2D eigenvalue weighted by molar-refractivity contribution is 5.98. The van der Waals surface area contributed by atoms with Crippen LogP contribution < -0.4 is 27.3 Å². The van der Waals surface area contributed by atoms with Gasteiger partial charge < -0.3 is 25.4 Å². The van der Waals surface area contributed by atoms with E-state index in [1.807, 2.05) is 0 Å². The summed E-state index contributed by atoms with van der Waals surface area (Å²) in [5.74, 6) is 3.81. The number of nitrogen functional groups attached to an aromatic ring is 2. The van der Waals surface area contributed by atoms with Gasteiger partial charge in [0.2, 0.25) is 0 Å². The molecule has 4 aromatic rings. The lowest BCUT2D eigenvalue weighted by Crippen LogP contribution is -2.16. The molecule has 0 saturated heterocycles. The van der Waals surface area contributed by atoms with E-state index in [2.05, 4.69) is 10.4 Å². The van der Waals surface area contributed by atoms with Gasteiger partial charge in [0.25, 0.3) is 5.56 Å². The number of halogens is 2. The van der Waals surface area contributed by atoms with Gasteiger partial charge in [-0.2, -0.15) is 0 Å². The van der Waals surface area contributed by atoms with Gasteiger partial charge in [0.15, 0.2) is 17.3 Å². The van der Waals surface area contributed by atoms with E-state index in [-0.39, 0.29) is 22.7 Å². The van der Waals surface area contributed by atoms with E-state index in [0.717, 1.165) is 6.07 Å². The topological polar surface area (TPSA) is 111 Å². The molecule has 0 amide bonds. The number of nitrogens with zero attached hydrogens (tertiary/aromatic N) is 1. The Morgan fingerprint density at radius 2 is 1.93 bits per heavy atom. The Morgan fingerprint density at radius 3 is 2.66 bits per heavy atom. The second-order valence-corrected chi connectivity index (χ2v) is 6.45. The third-order valence-corrected chi connectivity index (χ3v) is 4.64. The number of benzene rings is 2. The zero-order valence-corrected chi connectivity index (χ0v) is 15.3. The molecule has 0 spiro atoms. The van der Waals surface area contributed by atoms with Gasteiger partial charge in [0.05, 0.1) is 5.69 Å². The van der Waals surface area contributed by atoms with Crippen LogP contribution in [0.2, 0.25) is 0 Å². The summed E-state index contributed by atoms with van der Waals surface area (Å²) in [6.45, 7) is 0. The highest BCUT2D eigenvalue weighted by Gasteiger charge is 2.20. The molecule has 2 heterocycles. The van der Waals surface area contributed by atoms with Crippen LogP contribution in [0, 0.1) is 11.6 Å². The van der Waals surface area contributed by atoms with Gasteiger partial charge in [-0.1, -0.05) is 0 Å². The number of aromatic nitrogens is 2. The van der Waals surface area contributed by atoms with Crippen molar-refractivity contribution in [2.45, 2.75) is 0 Å². The van der Waals surface area contributed by atoms with Crippen LogP contribution in [0.5, 0.6) is 11.5 Å². The molecule has 2 aromatic carbocycles. The van der Waals surface area contributed by atoms with E-state index in [1.54, 1.807) is 37.6 Å². The molecule has 2 aromatic heterocycles. The Balaban J connectivity index is 1.98. The maximum Gasteiger partial charge on any atom is 0.274 e. The summed E-state index contributed by atoms with van der Waals surface area (Å²) < 4.78 is 34.7. The monoisotopic (exact) mass is 397 g/mol. The second-order valence-electron chi connectivity index (χ2n) is 6.45. The Hall–Kier alpha value is -3.85. The standard InChI is InChI=1S/C20H17F2N5O2/c1-27-9-13(11-6-7-25-18(11)20(27)28)12-3-4-15(26-24)17(23)19(12)29-16-5-2-10(21)8-14(16)22/h2-9,25-26H,23-24H2,1H3. The van der Waals surface area contributed by atoms with E-state index in [4.69, 9.17) is 16.3 Å². The molecule has 6 N–H and O–H groups in total. The van der Waals surface area contributed by atoms with E-state index in [1.165, 1.54) is 10.6 Å². The maximum atomic E-state index is 14.2. The van der Waals surface area contributed by atoms with Crippen LogP contribution in [0.15, 0.2) is 53.6 Å². The van der Waals surface area contributed by atoms with Crippen molar-refractivity contribution in [2.24, 2.45) is 12.9 Å². The first kappa shape index (κ1) is 18.5. The van der Waals surface area contributed by atoms with Gasteiger partial charge >= 0.3 is 0 Å².